The van der Waals surface area contributed by atoms with Crippen LogP contribution in [0.5, 0.6) is 0 Å². The maximum absolute atomic E-state index is 12.5. The highest BCUT2D eigenvalue weighted by Gasteiger charge is 2.19. The summed E-state index contributed by atoms with van der Waals surface area (Å²) in [6.45, 7) is 4.20. The second kappa shape index (κ2) is 6.14. The maximum Gasteiger partial charge on any atom is 0.266 e. The molecule has 7 heteroatoms. The van der Waals surface area contributed by atoms with Gasteiger partial charge in [0.15, 0.2) is 0 Å². The molecule has 0 bridgehead atoms. The molecule has 118 valence electrons. The average molecular weight is 348 g/mol. The van der Waals surface area contributed by atoms with Crippen LogP contribution in [0.1, 0.15) is 22.2 Å². The quantitative estimate of drug-likeness (QED) is 0.785. The SMILES string of the molecule is CCn1cnc2sc(C(=O)Nc3ccc(Cl)cc3)c(C)c2c1=O. The Labute approximate surface area is 141 Å². The number of amides is 1. The van der Waals surface area contributed by atoms with Gasteiger partial charge in [-0.3, -0.25) is 14.2 Å². The van der Waals surface area contributed by atoms with Crippen LogP contribution in [-0.2, 0) is 6.54 Å². The third-order valence-corrected chi connectivity index (χ3v) is 5.02. The Bertz CT molecular complexity index is 944. The Morgan fingerprint density at radius 3 is 2.70 bits per heavy atom. The Balaban J connectivity index is 2.01. The van der Waals surface area contributed by atoms with Gasteiger partial charge < -0.3 is 5.32 Å². The van der Waals surface area contributed by atoms with Crippen LogP contribution in [0.2, 0.25) is 5.02 Å². The fraction of sp³-hybridized carbons (Fsp3) is 0.188. The highest BCUT2D eigenvalue weighted by atomic mass is 35.5. The number of thiophene rings is 1. The molecule has 0 unspecified atom stereocenters. The van der Waals surface area contributed by atoms with Gasteiger partial charge in [0.25, 0.3) is 11.5 Å². The number of carbonyl (C=O) groups is 1. The molecule has 1 aromatic carbocycles. The number of nitrogens with one attached hydrogen (secondary N) is 1. The van der Waals surface area contributed by atoms with Crippen LogP contribution in [0.3, 0.4) is 0 Å². The molecular weight excluding hydrogens is 334 g/mol. The van der Waals surface area contributed by atoms with Gasteiger partial charge in [-0.15, -0.1) is 11.3 Å². The lowest BCUT2D eigenvalue weighted by Gasteiger charge is -2.04. The van der Waals surface area contributed by atoms with E-state index in [1.165, 1.54) is 22.2 Å². The van der Waals surface area contributed by atoms with Crippen LogP contribution in [0.25, 0.3) is 10.2 Å². The van der Waals surface area contributed by atoms with Gasteiger partial charge in [0.1, 0.15) is 4.83 Å². The van der Waals surface area contributed by atoms with E-state index < -0.39 is 0 Å². The number of hydrogen-bond acceptors (Lipinski definition) is 4. The molecule has 23 heavy (non-hydrogen) atoms. The molecule has 0 aliphatic carbocycles. The summed E-state index contributed by atoms with van der Waals surface area (Å²) in [5.41, 5.74) is 1.20. The van der Waals surface area contributed by atoms with E-state index in [-0.39, 0.29) is 11.5 Å². The van der Waals surface area contributed by atoms with Crippen molar-refractivity contribution in [3.05, 3.63) is 56.4 Å². The second-order valence-electron chi connectivity index (χ2n) is 5.03. The summed E-state index contributed by atoms with van der Waals surface area (Å²) in [6, 6.07) is 6.86. The van der Waals surface area contributed by atoms with Crippen LogP contribution in [0.15, 0.2) is 35.4 Å². The van der Waals surface area contributed by atoms with Gasteiger partial charge >= 0.3 is 0 Å². The van der Waals surface area contributed by atoms with Gasteiger partial charge in [-0.25, -0.2) is 4.98 Å². The van der Waals surface area contributed by atoms with E-state index in [0.717, 1.165) is 0 Å². The standard InChI is InChI=1S/C16H14ClN3O2S/c1-3-20-8-18-15-12(16(20)22)9(2)13(23-15)14(21)19-11-6-4-10(17)5-7-11/h4-8H,3H2,1-2H3,(H,19,21). The summed E-state index contributed by atoms with van der Waals surface area (Å²) in [7, 11) is 0. The van der Waals surface area contributed by atoms with Crippen molar-refractivity contribution in [2.24, 2.45) is 0 Å². The summed E-state index contributed by atoms with van der Waals surface area (Å²) in [4.78, 5) is 30.2. The fourth-order valence-corrected chi connectivity index (χ4v) is 3.48. The zero-order valence-corrected chi connectivity index (χ0v) is 14.2. The van der Waals surface area contributed by atoms with Gasteiger partial charge in [0, 0.05) is 17.3 Å². The average Bonchev–Trinajstić information content (AvgIpc) is 2.88. The number of carbonyl (C=O) groups excluding carboxylic acids is 1. The fourth-order valence-electron chi connectivity index (χ4n) is 2.32. The van der Waals surface area contributed by atoms with E-state index in [4.69, 9.17) is 11.6 Å². The number of benzene rings is 1. The molecule has 2 aromatic heterocycles. The highest BCUT2D eigenvalue weighted by molar-refractivity contribution is 7.20. The van der Waals surface area contributed by atoms with Gasteiger partial charge in [-0.1, -0.05) is 11.6 Å². The van der Waals surface area contributed by atoms with E-state index in [2.05, 4.69) is 10.3 Å². The molecule has 1 amide bonds. The predicted octanol–water partition coefficient (Wildman–Crippen LogP) is 3.69. The van der Waals surface area contributed by atoms with Crippen LogP contribution in [0.4, 0.5) is 5.69 Å². The van der Waals surface area contributed by atoms with Crippen molar-refractivity contribution in [1.82, 2.24) is 9.55 Å². The minimum absolute atomic E-state index is 0.114. The zero-order chi connectivity index (χ0) is 16.6. The summed E-state index contributed by atoms with van der Waals surface area (Å²) in [5, 5.41) is 3.93. The summed E-state index contributed by atoms with van der Waals surface area (Å²) < 4.78 is 1.53. The van der Waals surface area contributed by atoms with Gasteiger partial charge in [-0.2, -0.15) is 0 Å². The molecule has 5 nitrogen and oxygen atoms in total. The lowest BCUT2D eigenvalue weighted by atomic mass is 10.2. The molecule has 0 saturated heterocycles. The Morgan fingerprint density at radius 2 is 2.04 bits per heavy atom. The molecule has 3 rings (SSSR count). The maximum atomic E-state index is 12.5. The van der Waals surface area contributed by atoms with Crippen LogP contribution < -0.4 is 10.9 Å². The number of rotatable bonds is 3. The van der Waals surface area contributed by atoms with E-state index in [9.17, 15) is 9.59 Å². The van der Waals surface area contributed by atoms with Crippen molar-refractivity contribution in [3.63, 3.8) is 0 Å². The largest absolute Gasteiger partial charge is 0.321 e. The molecule has 3 aromatic rings. The lowest BCUT2D eigenvalue weighted by Crippen LogP contribution is -2.19. The van der Waals surface area contributed by atoms with Crippen LogP contribution in [0, 0.1) is 6.92 Å². The van der Waals surface area contributed by atoms with Gasteiger partial charge in [0.2, 0.25) is 0 Å². The summed E-state index contributed by atoms with van der Waals surface area (Å²) in [6.07, 6.45) is 1.52. The van der Waals surface area contributed by atoms with E-state index >= 15 is 0 Å². The molecule has 2 heterocycles. The summed E-state index contributed by atoms with van der Waals surface area (Å²) >= 11 is 7.06. The third kappa shape index (κ3) is 2.87. The smallest absolute Gasteiger partial charge is 0.266 e. The van der Waals surface area contributed by atoms with Crippen molar-refractivity contribution in [2.45, 2.75) is 20.4 Å². The normalized spacial score (nSPS) is 10.9. The predicted molar refractivity (Wildman–Crippen MR) is 93.7 cm³/mol. The molecular formula is C16H14ClN3O2S. The van der Waals surface area contributed by atoms with Crippen molar-refractivity contribution in [1.29, 1.82) is 0 Å². The van der Waals surface area contributed by atoms with Crippen molar-refractivity contribution in [2.75, 3.05) is 5.32 Å². The minimum atomic E-state index is -0.254. The lowest BCUT2D eigenvalue weighted by molar-refractivity contribution is 0.103. The molecule has 0 atom stereocenters. The molecule has 0 fully saturated rings. The van der Waals surface area contributed by atoms with Crippen molar-refractivity contribution >= 4 is 44.7 Å². The molecule has 1 N–H and O–H groups in total. The highest BCUT2D eigenvalue weighted by Crippen LogP contribution is 2.27. The van der Waals surface area contributed by atoms with Gasteiger partial charge in [-0.05, 0) is 43.7 Å². The number of nitrogens with zero attached hydrogens (tertiary/aromatic N) is 2. The first kappa shape index (κ1) is 15.7. The minimum Gasteiger partial charge on any atom is -0.321 e. The third-order valence-electron chi connectivity index (χ3n) is 3.57. The Kier molecular flexibility index (Phi) is 4.19. The van der Waals surface area contributed by atoms with Crippen LogP contribution >= 0.6 is 22.9 Å². The molecule has 0 radical (unpaired) electrons. The summed E-state index contributed by atoms with van der Waals surface area (Å²) in [5.74, 6) is -0.254. The van der Waals surface area contributed by atoms with E-state index in [0.29, 0.717) is 37.9 Å². The number of aryl methyl sites for hydroxylation is 2. The topological polar surface area (TPSA) is 64.0 Å². The van der Waals surface area contributed by atoms with E-state index in [1.54, 1.807) is 31.2 Å². The van der Waals surface area contributed by atoms with Crippen molar-refractivity contribution < 1.29 is 4.79 Å². The van der Waals surface area contributed by atoms with Crippen LogP contribution in [-0.4, -0.2) is 15.5 Å². The number of fused-ring (bicyclic) bond motifs is 1. The molecule has 0 saturated carbocycles. The van der Waals surface area contributed by atoms with E-state index in [1.807, 2.05) is 6.92 Å². The first-order chi connectivity index (χ1) is 11.0. The van der Waals surface area contributed by atoms with Gasteiger partial charge in [0.05, 0.1) is 16.6 Å². The Hall–Kier alpha value is -2.18. The zero-order valence-electron chi connectivity index (χ0n) is 12.6. The number of hydrogen-bond donors (Lipinski definition) is 1. The first-order valence-corrected chi connectivity index (χ1v) is 8.26. The van der Waals surface area contributed by atoms with Crippen molar-refractivity contribution in [3.8, 4) is 0 Å². The monoisotopic (exact) mass is 347 g/mol. The Morgan fingerprint density at radius 1 is 1.35 bits per heavy atom. The molecule has 0 aliphatic rings. The molecule has 0 aliphatic heterocycles. The number of halogens is 1. The number of anilines is 1. The molecule has 0 spiro atoms. The second-order valence-corrected chi connectivity index (χ2v) is 6.47. The number of aromatic nitrogens is 2. The first-order valence-electron chi connectivity index (χ1n) is 7.06.